The van der Waals surface area contributed by atoms with E-state index in [2.05, 4.69) is 5.32 Å². The number of carbonyl (C=O) groups is 3. The zero-order valence-electron chi connectivity index (χ0n) is 12.5. The summed E-state index contributed by atoms with van der Waals surface area (Å²) in [6.07, 6.45) is 0. The van der Waals surface area contributed by atoms with Crippen LogP contribution < -0.4 is 11.1 Å². The normalized spacial score (nSPS) is 13.7. The van der Waals surface area contributed by atoms with E-state index in [1.165, 1.54) is 0 Å². The van der Waals surface area contributed by atoms with Crippen molar-refractivity contribution in [3.8, 4) is 0 Å². The molecule has 1 aliphatic carbocycles. The van der Waals surface area contributed by atoms with Gasteiger partial charge in [-0.3, -0.25) is 14.4 Å². The average Bonchev–Trinajstić information content (AvgIpc) is 2.60. The van der Waals surface area contributed by atoms with Gasteiger partial charge >= 0.3 is 0 Å². The first-order valence-corrected chi connectivity index (χ1v) is 7.57. The predicted molar refractivity (Wildman–Crippen MR) is 89.8 cm³/mol. The van der Waals surface area contributed by atoms with Crippen LogP contribution >= 0.6 is 11.6 Å². The van der Waals surface area contributed by atoms with Gasteiger partial charge in [0.25, 0.3) is 0 Å². The van der Waals surface area contributed by atoms with E-state index in [9.17, 15) is 14.4 Å². The van der Waals surface area contributed by atoms with Gasteiger partial charge in [-0.1, -0.05) is 48.0 Å². The van der Waals surface area contributed by atoms with Crippen LogP contribution in [0, 0.1) is 0 Å². The van der Waals surface area contributed by atoms with Gasteiger partial charge in [0.05, 0.1) is 0 Å². The molecule has 0 aromatic heterocycles. The maximum Gasteiger partial charge on any atom is 0.248 e. The molecule has 0 unspecified atom stereocenters. The number of benzene rings is 2. The molecule has 0 radical (unpaired) electrons. The first-order chi connectivity index (χ1) is 11.5. The van der Waals surface area contributed by atoms with Crippen LogP contribution in [0.4, 0.5) is 0 Å². The predicted octanol–water partition coefficient (Wildman–Crippen LogP) is 2.40. The van der Waals surface area contributed by atoms with E-state index in [0.717, 1.165) is 5.56 Å². The maximum absolute atomic E-state index is 12.5. The summed E-state index contributed by atoms with van der Waals surface area (Å²) in [6, 6.07) is 13.2. The van der Waals surface area contributed by atoms with Gasteiger partial charge in [-0.25, -0.2) is 0 Å². The third-order valence-corrected chi connectivity index (χ3v) is 4.13. The Morgan fingerprint density at radius 1 is 0.958 bits per heavy atom. The lowest BCUT2D eigenvalue weighted by Gasteiger charge is -2.18. The molecule has 6 heteroatoms. The summed E-state index contributed by atoms with van der Waals surface area (Å²) in [4.78, 5) is 35.8. The van der Waals surface area contributed by atoms with Gasteiger partial charge in [0.1, 0.15) is 10.7 Å². The van der Waals surface area contributed by atoms with Crippen LogP contribution in [0.2, 0.25) is 0 Å². The minimum atomic E-state index is -0.509. The first-order valence-electron chi connectivity index (χ1n) is 7.20. The number of hydrogen-bond acceptors (Lipinski definition) is 4. The van der Waals surface area contributed by atoms with E-state index < -0.39 is 5.91 Å². The largest absolute Gasteiger partial charge is 0.376 e. The van der Waals surface area contributed by atoms with Gasteiger partial charge in [0, 0.05) is 23.2 Å². The second kappa shape index (κ2) is 6.29. The molecule has 5 nitrogen and oxygen atoms in total. The molecule has 3 N–H and O–H groups in total. The fraction of sp³-hybridized carbons (Fsp3) is 0.0556. The van der Waals surface area contributed by atoms with Crippen LogP contribution in [0.25, 0.3) is 0 Å². The number of allylic oxidation sites excluding steroid dienone is 2. The summed E-state index contributed by atoms with van der Waals surface area (Å²) in [7, 11) is 0. The molecule has 3 rings (SSSR count). The smallest absolute Gasteiger partial charge is 0.248 e. The molecule has 120 valence electrons. The van der Waals surface area contributed by atoms with Crippen molar-refractivity contribution in [2.75, 3.05) is 0 Å². The highest BCUT2D eigenvalue weighted by Gasteiger charge is 2.30. The molecule has 0 fully saturated rings. The van der Waals surface area contributed by atoms with Crippen molar-refractivity contribution in [1.29, 1.82) is 0 Å². The quantitative estimate of drug-likeness (QED) is 0.894. The Labute approximate surface area is 143 Å². The molecule has 0 bridgehead atoms. The van der Waals surface area contributed by atoms with Gasteiger partial charge < -0.3 is 11.1 Å². The highest BCUT2D eigenvalue weighted by atomic mass is 35.5. The summed E-state index contributed by atoms with van der Waals surface area (Å²) in [5.74, 6) is -1.20. The Bertz CT molecular complexity index is 885. The molecule has 1 aliphatic rings. The van der Waals surface area contributed by atoms with Crippen LogP contribution in [0.1, 0.15) is 36.6 Å². The molecule has 0 spiro atoms. The zero-order valence-corrected chi connectivity index (χ0v) is 13.3. The van der Waals surface area contributed by atoms with Gasteiger partial charge in [0.15, 0.2) is 0 Å². The number of carbonyl (C=O) groups excluding carboxylic acids is 3. The van der Waals surface area contributed by atoms with Crippen LogP contribution in [0.5, 0.6) is 0 Å². The minimum absolute atomic E-state index is 0.0827. The van der Waals surface area contributed by atoms with Gasteiger partial charge in [0.2, 0.25) is 17.5 Å². The SMILES string of the molecule is NC(=O)c1ccc(CNC2=C(Cl)C(=O)c3ccccc3C2=O)cc1. The monoisotopic (exact) mass is 340 g/mol. The fourth-order valence-corrected chi connectivity index (χ4v) is 2.73. The Hall–Kier alpha value is -2.92. The molecule has 0 saturated carbocycles. The van der Waals surface area contributed by atoms with Crippen LogP contribution in [0.15, 0.2) is 59.3 Å². The third-order valence-electron chi connectivity index (χ3n) is 3.77. The molecule has 0 atom stereocenters. The number of fused-ring (bicyclic) bond motifs is 1. The Kier molecular flexibility index (Phi) is 4.18. The lowest BCUT2D eigenvalue weighted by atomic mass is 9.92. The van der Waals surface area contributed by atoms with E-state index in [-0.39, 0.29) is 28.8 Å². The van der Waals surface area contributed by atoms with E-state index in [1.807, 2.05) is 0 Å². The molecular weight excluding hydrogens is 328 g/mol. The summed E-state index contributed by atoms with van der Waals surface area (Å²) in [5.41, 5.74) is 7.13. The molecule has 2 aromatic rings. The minimum Gasteiger partial charge on any atom is -0.376 e. The van der Waals surface area contributed by atoms with Crippen molar-refractivity contribution < 1.29 is 14.4 Å². The highest BCUT2D eigenvalue weighted by Crippen LogP contribution is 2.27. The van der Waals surface area contributed by atoms with Crippen molar-refractivity contribution in [2.45, 2.75) is 6.54 Å². The van der Waals surface area contributed by atoms with Crippen molar-refractivity contribution in [2.24, 2.45) is 5.73 Å². The maximum atomic E-state index is 12.5. The van der Waals surface area contributed by atoms with Gasteiger partial charge in [-0.15, -0.1) is 0 Å². The number of amides is 1. The summed E-state index contributed by atoms with van der Waals surface area (Å²) in [5, 5.41) is 2.80. The molecule has 0 aliphatic heterocycles. The van der Waals surface area contributed by atoms with E-state index in [4.69, 9.17) is 17.3 Å². The molecule has 0 saturated heterocycles. The van der Waals surface area contributed by atoms with Crippen LogP contribution in [-0.2, 0) is 6.54 Å². The molecule has 1 amide bonds. The van der Waals surface area contributed by atoms with Gasteiger partial charge in [-0.05, 0) is 17.7 Å². The standard InChI is InChI=1S/C18H13ClN2O3/c19-14-15(17(23)13-4-2-1-3-12(13)16(14)22)21-9-10-5-7-11(8-6-10)18(20)24/h1-8,21H,9H2,(H2,20,24). The van der Waals surface area contributed by atoms with Crippen molar-refractivity contribution in [1.82, 2.24) is 5.32 Å². The summed E-state index contributed by atoms with van der Waals surface area (Å²) in [6.45, 7) is 0.284. The Morgan fingerprint density at radius 3 is 2.12 bits per heavy atom. The second-order valence-electron chi connectivity index (χ2n) is 5.31. The first kappa shape index (κ1) is 16.0. The molecule has 2 aromatic carbocycles. The second-order valence-corrected chi connectivity index (χ2v) is 5.69. The highest BCUT2D eigenvalue weighted by molar-refractivity contribution is 6.49. The number of primary amides is 1. The average molecular weight is 341 g/mol. The number of nitrogens with two attached hydrogens (primary N) is 1. The number of hydrogen-bond donors (Lipinski definition) is 2. The van der Waals surface area contributed by atoms with Crippen molar-refractivity contribution in [3.05, 3.63) is 81.5 Å². The molecular formula is C18H13ClN2O3. The summed E-state index contributed by atoms with van der Waals surface area (Å²) >= 11 is 6.07. The number of halogens is 1. The van der Waals surface area contributed by atoms with Crippen molar-refractivity contribution >= 4 is 29.1 Å². The Morgan fingerprint density at radius 2 is 1.54 bits per heavy atom. The van der Waals surface area contributed by atoms with Gasteiger partial charge in [-0.2, -0.15) is 0 Å². The van der Waals surface area contributed by atoms with Crippen molar-refractivity contribution in [3.63, 3.8) is 0 Å². The topological polar surface area (TPSA) is 89.3 Å². The number of nitrogens with one attached hydrogen (secondary N) is 1. The third kappa shape index (κ3) is 2.81. The van der Waals surface area contributed by atoms with E-state index >= 15 is 0 Å². The lowest BCUT2D eigenvalue weighted by Crippen LogP contribution is -2.28. The summed E-state index contributed by atoms with van der Waals surface area (Å²) < 4.78 is 0. The lowest BCUT2D eigenvalue weighted by molar-refractivity contribution is 0.0974. The molecule has 0 heterocycles. The molecule has 24 heavy (non-hydrogen) atoms. The Balaban J connectivity index is 1.82. The zero-order chi connectivity index (χ0) is 17.3. The van der Waals surface area contributed by atoms with Crippen LogP contribution in [0.3, 0.4) is 0 Å². The number of ketones is 2. The van der Waals surface area contributed by atoms with Crippen LogP contribution in [-0.4, -0.2) is 17.5 Å². The van der Waals surface area contributed by atoms with E-state index in [1.54, 1.807) is 48.5 Å². The van der Waals surface area contributed by atoms with E-state index in [0.29, 0.717) is 16.7 Å². The fourth-order valence-electron chi connectivity index (χ4n) is 2.48. The number of rotatable bonds is 4. The number of Topliss-reactive ketones (excluding diaryl/α,β-unsaturated/α-hetero) is 2.